The van der Waals surface area contributed by atoms with Crippen molar-refractivity contribution in [3.8, 4) is 0 Å². The summed E-state index contributed by atoms with van der Waals surface area (Å²) in [6.45, 7) is 0.738. The van der Waals surface area contributed by atoms with E-state index in [-0.39, 0.29) is 11.9 Å². The Morgan fingerprint density at radius 1 is 0.800 bits per heavy atom. The van der Waals surface area contributed by atoms with E-state index >= 15 is 0 Å². The van der Waals surface area contributed by atoms with E-state index in [1.807, 2.05) is 0 Å². The summed E-state index contributed by atoms with van der Waals surface area (Å²) in [5.74, 6) is -0.737. The summed E-state index contributed by atoms with van der Waals surface area (Å²) in [7, 11) is 0. The minimum Gasteiger partial charge on any atom is -0.465 e. The maximum absolute atomic E-state index is 11.8. The molecule has 0 atom stereocenters. The van der Waals surface area contributed by atoms with Crippen molar-refractivity contribution >= 4 is 11.9 Å². The first-order valence-corrected chi connectivity index (χ1v) is 5.60. The zero-order chi connectivity index (χ0) is 10.7. The second-order valence-electron chi connectivity index (χ2n) is 4.27. The Morgan fingerprint density at radius 3 is 1.87 bits per heavy atom. The summed E-state index contributed by atoms with van der Waals surface area (Å²) in [6.07, 6.45) is 4.68. The third kappa shape index (κ3) is 1.85. The quantitative estimate of drug-likeness (QED) is 0.450. The van der Waals surface area contributed by atoms with Gasteiger partial charge in [0.05, 0.1) is 13.2 Å². The van der Waals surface area contributed by atoms with E-state index in [1.165, 1.54) is 0 Å². The first kappa shape index (κ1) is 10.5. The number of carbonyl (C=O) groups excluding carboxylic acids is 2. The van der Waals surface area contributed by atoms with E-state index in [4.69, 9.17) is 9.47 Å². The lowest BCUT2D eigenvalue weighted by molar-refractivity contribution is -0.179. The van der Waals surface area contributed by atoms with Gasteiger partial charge in [-0.25, -0.2) is 0 Å². The molecule has 0 bridgehead atoms. The van der Waals surface area contributed by atoms with Crippen LogP contribution in [0.2, 0.25) is 0 Å². The second-order valence-corrected chi connectivity index (χ2v) is 4.27. The molecule has 4 heteroatoms. The first-order valence-electron chi connectivity index (χ1n) is 5.60. The lowest BCUT2D eigenvalue weighted by Gasteiger charge is -2.33. The molecule has 2 aliphatic rings. The van der Waals surface area contributed by atoms with Gasteiger partial charge in [-0.3, -0.25) is 9.59 Å². The molecule has 1 saturated carbocycles. The maximum atomic E-state index is 11.8. The third-order valence-electron chi connectivity index (χ3n) is 3.24. The van der Waals surface area contributed by atoms with E-state index in [2.05, 4.69) is 0 Å². The van der Waals surface area contributed by atoms with Crippen molar-refractivity contribution in [2.45, 2.75) is 38.5 Å². The minimum atomic E-state index is -0.974. The Hall–Kier alpha value is -1.06. The van der Waals surface area contributed by atoms with Crippen LogP contribution in [-0.2, 0) is 19.1 Å². The number of rotatable bonds is 0. The topological polar surface area (TPSA) is 52.6 Å². The van der Waals surface area contributed by atoms with Gasteiger partial charge in [-0.15, -0.1) is 0 Å². The largest absolute Gasteiger partial charge is 0.465 e. The van der Waals surface area contributed by atoms with Crippen LogP contribution in [-0.4, -0.2) is 25.2 Å². The van der Waals surface area contributed by atoms with Crippen LogP contribution in [0, 0.1) is 5.41 Å². The highest BCUT2D eigenvalue weighted by molar-refractivity contribution is 6.00. The molecule has 1 heterocycles. The van der Waals surface area contributed by atoms with E-state index in [0.717, 1.165) is 19.3 Å². The predicted octanol–water partition coefficient (Wildman–Crippen LogP) is 1.43. The van der Waals surface area contributed by atoms with Crippen molar-refractivity contribution in [1.82, 2.24) is 0 Å². The molecule has 0 radical (unpaired) electrons. The van der Waals surface area contributed by atoms with Gasteiger partial charge in [0.1, 0.15) is 0 Å². The zero-order valence-corrected chi connectivity index (χ0v) is 8.79. The highest BCUT2D eigenvalue weighted by atomic mass is 16.6. The molecule has 0 aromatic heterocycles. The number of hydrogen-bond acceptors (Lipinski definition) is 4. The molecule has 4 nitrogen and oxygen atoms in total. The van der Waals surface area contributed by atoms with Crippen molar-refractivity contribution in [1.29, 1.82) is 0 Å². The predicted molar refractivity (Wildman–Crippen MR) is 52.1 cm³/mol. The molecular weight excluding hydrogens is 196 g/mol. The Kier molecular flexibility index (Phi) is 2.93. The van der Waals surface area contributed by atoms with E-state index in [9.17, 15) is 9.59 Å². The van der Waals surface area contributed by atoms with Crippen LogP contribution >= 0.6 is 0 Å². The van der Waals surface area contributed by atoms with Crippen molar-refractivity contribution in [3.63, 3.8) is 0 Å². The molecule has 2 fully saturated rings. The van der Waals surface area contributed by atoms with Crippen LogP contribution in [0.3, 0.4) is 0 Å². The smallest absolute Gasteiger partial charge is 0.323 e. The van der Waals surface area contributed by atoms with Crippen molar-refractivity contribution in [2.24, 2.45) is 5.41 Å². The summed E-state index contributed by atoms with van der Waals surface area (Å²) in [6, 6.07) is 0. The standard InChI is InChI=1S/C11H16O4/c12-9-11(5-2-1-3-6-11)10(13)15-8-4-7-14-9/h1-8H2. The van der Waals surface area contributed by atoms with Gasteiger partial charge in [-0.1, -0.05) is 19.3 Å². The molecule has 1 aliphatic carbocycles. The number of carbonyl (C=O) groups is 2. The molecule has 0 aromatic carbocycles. The van der Waals surface area contributed by atoms with Gasteiger partial charge in [-0.05, 0) is 12.8 Å². The van der Waals surface area contributed by atoms with Crippen LogP contribution < -0.4 is 0 Å². The van der Waals surface area contributed by atoms with Crippen LogP contribution in [0.15, 0.2) is 0 Å². The number of cyclic esters (lactones) is 2. The van der Waals surface area contributed by atoms with Gasteiger partial charge in [0.15, 0.2) is 5.41 Å². The maximum Gasteiger partial charge on any atom is 0.323 e. The van der Waals surface area contributed by atoms with Crippen LogP contribution in [0.1, 0.15) is 38.5 Å². The first-order chi connectivity index (χ1) is 7.26. The molecule has 2 rings (SSSR count). The molecule has 15 heavy (non-hydrogen) atoms. The third-order valence-corrected chi connectivity index (χ3v) is 3.24. The van der Waals surface area contributed by atoms with Crippen molar-refractivity contribution < 1.29 is 19.1 Å². The fraction of sp³-hybridized carbons (Fsp3) is 0.818. The molecule has 1 saturated heterocycles. The molecule has 0 aromatic rings. The molecule has 0 N–H and O–H groups in total. The van der Waals surface area contributed by atoms with E-state index in [0.29, 0.717) is 32.5 Å². The van der Waals surface area contributed by atoms with E-state index < -0.39 is 5.41 Å². The molecule has 84 valence electrons. The van der Waals surface area contributed by atoms with Crippen LogP contribution in [0.5, 0.6) is 0 Å². The van der Waals surface area contributed by atoms with Gasteiger partial charge in [0.2, 0.25) is 0 Å². The van der Waals surface area contributed by atoms with Gasteiger partial charge < -0.3 is 9.47 Å². The average molecular weight is 212 g/mol. The Labute approximate surface area is 88.9 Å². The SMILES string of the molecule is O=C1OCCCOC(=O)C12CCCCC2. The second kappa shape index (κ2) is 4.21. The molecule has 0 unspecified atom stereocenters. The average Bonchev–Trinajstić information content (AvgIpc) is 2.27. The minimum absolute atomic E-state index is 0.369. The zero-order valence-electron chi connectivity index (χ0n) is 8.79. The molecule has 0 amide bonds. The molecular formula is C11H16O4. The summed E-state index contributed by atoms with van der Waals surface area (Å²) in [5.41, 5.74) is -0.974. The van der Waals surface area contributed by atoms with E-state index in [1.54, 1.807) is 0 Å². The van der Waals surface area contributed by atoms with Gasteiger partial charge in [0.25, 0.3) is 0 Å². The number of hydrogen-bond donors (Lipinski definition) is 0. The lowest BCUT2D eigenvalue weighted by Crippen LogP contribution is -2.45. The summed E-state index contributed by atoms with van der Waals surface area (Å²) < 4.78 is 10.2. The summed E-state index contributed by atoms with van der Waals surface area (Å²) in [5, 5.41) is 0. The van der Waals surface area contributed by atoms with Crippen molar-refractivity contribution in [3.05, 3.63) is 0 Å². The Bertz CT molecular complexity index is 246. The fourth-order valence-electron chi connectivity index (χ4n) is 2.31. The number of esters is 2. The highest BCUT2D eigenvalue weighted by Crippen LogP contribution is 2.39. The molecule has 1 spiro atoms. The normalized spacial score (nSPS) is 26.4. The lowest BCUT2D eigenvalue weighted by atomic mass is 9.74. The summed E-state index contributed by atoms with van der Waals surface area (Å²) >= 11 is 0. The van der Waals surface area contributed by atoms with Crippen LogP contribution in [0.4, 0.5) is 0 Å². The highest BCUT2D eigenvalue weighted by Gasteiger charge is 2.49. The Morgan fingerprint density at radius 2 is 1.33 bits per heavy atom. The van der Waals surface area contributed by atoms with Gasteiger partial charge in [-0.2, -0.15) is 0 Å². The van der Waals surface area contributed by atoms with Gasteiger partial charge in [0, 0.05) is 6.42 Å². The summed E-state index contributed by atoms with van der Waals surface area (Å²) in [4.78, 5) is 23.7. The van der Waals surface area contributed by atoms with Crippen molar-refractivity contribution in [2.75, 3.05) is 13.2 Å². The van der Waals surface area contributed by atoms with Gasteiger partial charge >= 0.3 is 11.9 Å². The molecule has 1 aliphatic heterocycles. The monoisotopic (exact) mass is 212 g/mol. The fourth-order valence-corrected chi connectivity index (χ4v) is 2.31. The Balaban J connectivity index is 2.20. The number of ether oxygens (including phenoxy) is 2. The van der Waals surface area contributed by atoms with Crippen LogP contribution in [0.25, 0.3) is 0 Å².